The Kier molecular flexibility index (Phi) is 4.07. The van der Waals surface area contributed by atoms with E-state index >= 15 is 0 Å². The van der Waals surface area contributed by atoms with Crippen LogP contribution in [-0.2, 0) is 0 Å². The van der Waals surface area contributed by atoms with Crippen LogP contribution in [0.2, 0.25) is 0 Å². The highest BCUT2D eigenvalue weighted by molar-refractivity contribution is 5.97. The summed E-state index contributed by atoms with van der Waals surface area (Å²) in [7, 11) is 0. The average molecular weight is 262 g/mol. The maximum Gasteiger partial charge on any atom is 0.166 e. The minimum atomic E-state index is -0.325. The first-order chi connectivity index (χ1) is 8.88. The molecule has 1 fully saturated rings. The van der Waals surface area contributed by atoms with E-state index in [4.69, 9.17) is 0 Å². The summed E-state index contributed by atoms with van der Waals surface area (Å²) in [6.45, 7) is 6.81. The van der Waals surface area contributed by atoms with E-state index in [1.807, 2.05) is 0 Å². The molecule has 1 aromatic rings. The van der Waals surface area contributed by atoms with Crippen LogP contribution >= 0.6 is 0 Å². The van der Waals surface area contributed by atoms with Crippen molar-refractivity contribution in [2.45, 2.75) is 46.5 Å². The molecule has 2 heteroatoms. The lowest BCUT2D eigenvalue weighted by Crippen LogP contribution is -2.28. The largest absolute Gasteiger partial charge is 0.294 e. The highest BCUT2D eigenvalue weighted by Gasteiger charge is 2.32. The smallest absolute Gasteiger partial charge is 0.166 e. The van der Waals surface area contributed by atoms with Gasteiger partial charge in [-0.3, -0.25) is 4.79 Å². The fourth-order valence-electron chi connectivity index (χ4n) is 3.10. The summed E-state index contributed by atoms with van der Waals surface area (Å²) in [6, 6.07) is 6.08. The van der Waals surface area contributed by atoms with Crippen LogP contribution in [0.15, 0.2) is 24.3 Å². The van der Waals surface area contributed by atoms with Crippen molar-refractivity contribution in [2.24, 2.45) is 17.3 Å². The standard InChI is InChI=1S/C17H23FO/c1-17(2,3)14-9-7-12(8-10-14)16(19)13-5-4-6-15(18)11-13/h4-6,11-12,14H,7-10H2,1-3H3. The van der Waals surface area contributed by atoms with E-state index in [9.17, 15) is 9.18 Å². The third kappa shape index (κ3) is 3.43. The predicted octanol–water partition coefficient (Wildman–Crippen LogP) is 4.86. The molecule has 104 valence electrons. The van der Waals surface area contributed by atoms with Gasteiger partial charge in [0.1, 0.15) is 5.82 Å². The number of benzene rings is 1. The SMILES string of the molecule is CC(C)(C)C1CCC(C(=O)c2cccc(F)c2)CC1. The monoisotopic (exact) mass is 262 g/mol. The quantitative estimate of drug-likeness (QED) is 0.695. The zero-order valence-corrected chi connectivity index (χ0v) is 12.1. The van der Waals surface area contributed by atoms with Gasteiger partial charge in [-0.05, 0) is 49.1 Å². The minimum Gasteiger partial charge on any atom is -0.294 e. The molecule has 0 aromatic heterocycles. The molecule has 0 unspecified atom stereocenters. The molecular formula is C17H23FO. The van der Waals surface area contributed by atoms with Crippen LogP contribution in [-0.4, -0.2) is 5.78 Å². The van der Waals surface area contributed by atoms with E-state index in [1.165, 1.54) is 12.1 Å². The number of carbonyl (C=O) groups excluding carboxylic acids is 1. The van der Waals surface area contributed by atoms with Crippen LogP contribution in [0.1, 0.15) is 56.8 Å². The number of carbonyl (C=O) groups is 1. The van der Waals surface area contributed by atoms with Crippen molar-refractivity contribution in [1.29, 1.82) is 0 Å². The highest BCUT2D eigenvalue weighted by atomic mass is 19.1. The molecule has 0 saturated heterocycles. The first kappa shape index (κ1) is 14.2. The summed E-state index contributed by atoms with van der Waals surface area (Å²) in [4.78, 5) is 12.3. The molecule has 0 radical (unpaired) electrons. The van der Waals surface area contributed by atoms with Gasteiger partial charge in [0.25, 0.3) is 0 Å². The lowest BCUT2D eigenvalue weighted by molar-refractivity contribution is 0.0819. The zero-order valence-electron chi connectivity index (χ0n) is 12.1. The molecule has 0 N–H and O–H groups in total. The Balaban J connectivity index is 2.00. The van der Waals surface area contributed by atoms with Gasteiger partial charge in [-0.1, -0.05) is 32.9 Å². The summed E-state index contributed by atoms with van der Waals surface area (Å²) in [5.41, 5.74) is 0.853. The first-order valence-electron chi connectivity index (χ1n) is 7.17. The molecule has 19 heavy (non-hydrogen) atoms. The van der Waals surface area contributed by atoms with Crippen molar-refractivity contribution in [3.05, 3.63) is 35.6 Å². The van der Waals surface area contributed by atoms with Gasteiger partial charge in [0, 0.05) is 11.5 Å². The molecule has 1 aromatic carbocycles. The van der Waals surface area contributed by atoms with Gasteiger partial charge in [0.2, 0.25) is 0 Å². The molecule has 1 aliphatic carbocycles. The molecule has 0 spiro atoms. The lowest BCUT2D eigenvalue weighted by Gasteiger charge is -2.36. The van der Waals surface area contributed by atoms with Gasteiger partial charge in [-0.2, -0.15) is 0 Å². The van der Waals surface area contributed by atoms with E-state index in [0.717, 1.165) is 25.7 Å². The van der Waals surface area contributed by atoms with Crippen molar-refractivity contribution in [2.75, 3.05) is 0 Å². The zero-order chi connectivity index (χ0) is 14.0. The van der Waals surface area contributed by atoms with Crippen molar-refractivity contribution in [1.82, 2.24) is 0 Å². The van der Waals surface area contributed by atoms with Crippen LogP contribution in [0.3, 0.4) is 0 Å². The number of halogens is 1. The molecule has 2 rings (SSSR count). The number of hydrogen-bond acceptors (Lipinski definition) is 1. The Bertz CT molecular complexity index is 451. The molecule has 0 atom stereocenters. The minimum absolute atomic E-state index is 0.0837. The van der Waals surface area contributed by atoms with Crippen LogP contribution in [0.5, 0.6) is 0 Å². The Hall–Kier alpha value is -1.18. The summed E-state index contributed by atoms with van der Waals surface area (Å²) in [5, 5.41) is 0. The number of rotatable bonds is 2. The van der Waals surface area contributed by atoms with Crippen molar-refractivity contribution in [3.63, 3.8) is 0 Å². The molecular weight excluding hydrogens is 239 g/mol. The van der Waals surface area contributed by atoms with Gasteiger partial charge >= 0.3 is 0 Å². The lowest BCUT2D eigenvalue weighted by atomic mass is 9.69. The van der Waals surface area contributed by atoms with Crippen molar-refractivity contribution in [3.8, 4) is 0 Å². The maximum absolute atomic E-state index is 13.2. The summed E-state index contributed by atoms with van der Waals surface area (Å²) >= 11 is 0. The summed E-state index contributed by atoms with van der Waals surface area (Å²) in [5.74, 6) is 0.575. The van der Waals surface area contributed by atoms with Crippen LogP contribution in [0.25, 0.3) is 0 Å². The molecule has 0 amide bonds. The van der Waals surface area contributed by atoms with E-state index < -0.39 is 0 Å². The third-order valence-corrected chi connectivity index (χ3v) is 4.43. The van der Waals surface area contributed by atoms with E-state index in [-0.39, 0.29) is 17.5 Å². The van der Waals surface area contributed by atoms with Crippen molar-refractivity contribution >= 4 is 5.78 Å². The van der Waals surface area contributed by atoms with Gasteiger partial charge in [0.05, 0.1) is 0 Å². The molecule has 1 nitrogen and oxygen atoms in total. The predicted molar refractivity (Wildman–Crippen MR) is 75.6 cm³/mol. The second-order valence-electron chi connectivity index (χ2n) is 6.79. The highest BCUT2D eigenvalue weighted by Crippen LogP contribution is 2.40. The van der Waals surface area contributed by atoms with E-state index in [1.54, 1.807) is 12.1 Å². The fourth-order valence-corrected chi connectivity index (χ4v) is 3.10. The van der Waals surface area contributed by atoms with E-state index in [0.29, 0.717) is 16.9 Å². The number of hydrogen-bond donors (Lipinski definition) is 0. The Labute approximate surface area is 115 Å². The summed E-state index contributed by atoms with van der Waals surface area (Å²) in [6.07, 6.45) is 4.10. The third-order valence-electron chi connectivity index (χ3n) is 4.43. The van der Waals surface area contributed by atoms with Crippen molar-refractivity contribution < 1.29 is 9.18 Å². The van der Waals surface area contributed by atoms with Crippen LogP contribution < -0.4 is 0 Å². The second kappa shape index (κ2) is 5.44. The normalized spacial score (nSPS) is 24.2. The topological polar surface area (TPSA) is 17.1 Å². The summed E-state index contributed by atoms with van der Waals surface area (Å²) < 4.78 is 13.2. The Morgan fingerprint density at radius 2 is 1.79 bits per heavy atom. The molecule has 1 saturated carbocycles. The molecule has 0 aliphatic heterocycles. The van der Waals surface area contributed by atoms with E-state index in [2.05, 4.69) is 20.8 Å². The first-order valence-corrected chi connectivity index (χ1v) is 7.17. The number of Topliss-reactive ketones (excluding diaryl/α,β-unsaturated/α-hetero) is 1. The Morgan fingerprint density at radius 1 is 1.16 bits per heavy atom. The average Bonchev–Trinajstić information content (AvgIpc) is 2.37. The van der Waals surface area contributed by atoms with Crippen LogP contribution in [0.4, 0.5) is 4.39 Å². The maximum atomic E-state index is 13.2. The van der Waals surface area contributed by atoms with Crippen LogP contribution in [0, 0.1) is 23.1 Å². The molecule has 0 bridgehead atoms. The Morgan fingerprint density at radius 3 is 2.32 bits per heavy atom. The fraction of sp³-hybridized carbons (Fsp3) is 0.588. The second-order valence-corrected chi connectivity index (χ2v) is 6.79. The van der Waals surface area contributed by atoms with Gasteiger partial charge < -0.3 is 0 Å². The van der Waals surface area contributed by atoms with Gasteiger partial charge in [-0.25, -0.2) is 4.39 Å². The number of ketones is 1. The molecule has 0 heterocycles. The van der Waals surface area contributed by atoms with Gasteiger partial charge in [0.15, 0.2) is 5.78 Å². The molecule has 1 aliphatic rings. The van der Waals surface area contributed by atoms with Gasteiger partial charge in [-0.15, -0.1) is 0 Å².